The molecule has 1 fully saturated rings. The van der Waals surface area contributed by atoms with Crippen molar-refractivity contribution in [1.29, 1.82) is 0 Å². The Balaban J connectivity index is 3.15. The van der Waals surface area contributed by atoms with Gasteiger partial charge in [0, 0.05) is 0 Å². The Labute approximate surface area is 92.5 Å². The molecule has 0 aromatic heterocycles. The molecule has 0 bridgehead atoms. The summed E-state index contributed by atoms with van der Waals surface area (Å²) < 4.78 is 2.04. The number of esters is 2. The number of hydrogen-bond acceptors (Lipinski definition) is 4. The van der Waals surface area contributed by atoms with Crippen LogP contribution in [-0.2, 0) is 14.3 Å². The number of carbonyl (C=O) groups is 2. The first-order chi connectivity index (χ1) is 4.80. The van der Waals surface area contributed by atoms with Crippen LogP contribution < -0.4 is 5.73 Å². The minimum Gasteiger partial charge on any atom is -0.390 e. The maximum absolute atomic E-state index is 11.0. The van der Waals surface area contributed by atoms with Gasteiger partial charge in [-0.25, -0.2) is 9.59 Å². The first-order valence-corrected chi connectivity index (χ1v) is 5.26. The number of alkyl halides is 2. The molecule has 1 saturated heterocycles. The van der Waals surface area contributed by atoms with Gasteiger partial charge in [-0.1, -0.05) is 22.6 Å². The van der Waals surface area contributed by atoms with E-state index >= 15 is 0 Å². The van der Waals surface area contributed by atoms with Crippen molar-refractivity contribution in [2.75, 3.05) is 0 Å². The molecule has 1 aliphatic rings. The fourth-order valence-corrected chi connectivity index (χ4v) is 1.37. The molecule has 1 heterocycles. The third kappa shape index (κ3) is 1.31. The zero-order chi connectivity index (χ0) is 8.86. The van der Waals surface area contributed by atoms with Crippen LogP contribution in [0.25, 0.3) is 0 Å². The Bertz CT molecular complexity index is 215. The van der Waals surface area contributed by atoms with Gasteiger partial charge >= 0.3 is 11.9 Å². The van der Waals surface area contributed by atoms with E-state index in [0.717, 1.165) is 0 Å². The van der Waals surface area contributed by atoms with Gasteiger partial charge in [-0.15, -0.1) is 9.24 Å². The Morgan fingerprint density at radius 1 is 1.36 bits per heavy atom. The first kappa shape index (κ1) is 10.1. The lowest BCUT2D eigenvalue weighted by Crippen LogP contribution is -2.50. The highest BCUT2D eigenvalue weighted by Crippen LogP contribution is 2.47. The average molecular weight is 399 g/mol. The van der Waals surface area contributed by atoms with Gasteiger partial charge in [0.25, 0.3) is 0 Å². The van der Waals surface area contributed by atoms with Crippen LogP contribution in [0.1, 0.15) is 0 Å². The molecule has 0 saturated carbocycles. The summed E-state index contributed by atoms with van der Waals surface area (Å²) in [5.41, 5.74) is 5.55. The maximum atomic E-state index is 11.0. The molecule has 4 nitrogen and oxygen atoms in total. The lowest BCUT2D eigenvalue weighted by Gasteiger charge is -2.21. The van der Waals surface area contributed by atoms with E-state index in [1.54, 1.807) is 45.2 Å². The van der Waals surface area contributed by atoms with Crippen molar-refractivity contribution in [1.82, 2.24) is 0 Å². The monoisotopic (exact) mass is 399 g/mol. The average Bonchev–Trinajstić information content (AvgIpc) is 1.95. The number of cyclic esters (lactones) is 2. The molecule has 1 rings (SSSR count). The molecule has 1 aliphatic heterocycles. The third-order valence-corrected chi connectivity index (χ3v) is 6.20. The third-order valence-electron chi connectivity index (χ3n) is 1.31. The van der Waals surface area contributed by atoms with E-state index in [2.05, 4.69) is 14.0 Å². The summed E-state index contributed by atoms with van der Waals surface area (Å²) in [6.45, 7) is 0. The molecule has 11 heavy (non-hydrogen) atoms. The van der Waals surface area contributed by atoms with Crippen LogP contribution in [0.2, 0.25) is 0 Å². The van der Waals surface area contributed by atoms with Crippen molar-refractivity contribution in [2.24, 2.45) is 5.73 Å². The second-order valence-corrected chi connectivity index (χ2v) is 7.54. The summed E-state index contributed by atoms with van der Waals surface area (Å²) in [6.07, 6.45) is 0. The van der Waals surface area contributed by atoms with Gasteiger partial charge in [0.1, 0.15) is 0 Å². The number of halogens is 2. The molecule has 3 unspecified atom stereocenters. The topological polar surface area (TPSA) is 69.4 Å². The number of ether oxygens (including phenoxy) is 1. The summed E-state index contributed by atoms with van der Waals surface area (Å²) in [5, 5.41) is 0. The number of rotatable bonds is 0. The van der Waals surface area contributed by atoms with Crippen LogP contribution in [0.15, 0.2) is 0 Å². The lowest BCUT2D eigenvalue weighted by atomic mass is 10.2. The molecule has 0 aromatic rings. The highest BCUT2D eigenvalue weighted by Gasteiger charge is 2.62. The van der Waals surface area contributed by atoms with Gasteiger partial charge in [-0.2, -0.15) is 0 Å². The predicted molar refractivity (Wildman–Crippen MR) is 58.5 cm³/mol. The van der Waals surface area contributed by atoms with E-state index in [-0.39, 0.29) is 0 Å². The van der Waals surface area contributed by atoms with Gasteiger partial charge in [0.2, 0.25) is 0 Å². The van der Waals surface area contributed by atoms with E-state index in [0.29, 0.717) is 0 Å². The fourth-order valence-electron chi connectivity index (χ4n) is 0.530. The molecule has 2 N–H and O–H groups in total. The summed E-state index contributed by atoms with van der Waals surface area (Å²) in [7, 11) is 2.22. The van der Waals surface area contributed by atoms with Crippen molar-refractivity contribution in [3.63, 3.8) is 0 Å². The molecular formula is C4H4I2NO3P. The zero-order valence-corrected chi connectivity index (χ0v) is 10.6. The van der Waals surface area contributed by atoms with Gasteiger partial charge in [0.05, 0.1) is 0 Å². The smallest absolute Gasteiger partial charge is 0.346 e. The summed E-state index contributed by atoms with van der Waals surface area (Å²) >= 11 is 3.49. The highest BCUT2D eigenvalue weighted by atomic mass is 127. The first-order valence-electron chi connectivity index (χ1n) is 2.52. The van der Waals surface area contributed by atoms with E-state index < -0.39 is 18.6 Å². The molecular weight excluding hydrogens is 395 g/mol. The van der Waals surface area contributed by atoms with Crippen molar-refractivity contribution < 1.29 is 14.3 Å². The number of hydrogen-bond donors (Lipinski definition) is 1. The lowest BCUT2D eigenvalue weighted by molar-refractivity contribution is -0.152. The Morgan fingerprint density at radius 3 is 1.91 bits per heavy atom. The van der Waals surface area contributed by atoms with Gasteiger partial charge < -0.3 is 10.5 Å². The minimum absolute atomic E-state index is 0.606. The van der Waals surface area contributed by atoms with Crippen LogP contribution in [0.4, 0.5) is 0 Å². The van der Waals surface area contributed by atoms with Gasteiger partial charge in [-0.05, 0) is 22.6 Å². The number of carbonyl (C=O) groups excluding carboxylic acids is 2. The van der Waals surface area contributed by atoms with E-state index in [4.69, 9.17) is 5.73 Å². The molecule has 0 radical (unpaired) electrons. The van der Waals surface area contributed by atoms with Crippen molar-refractivity contribution >= 4 is 66.4 Å². The molecule has 0 aliphatic carbocycles. The van der Waals surface area contributed by atoms with Gasteiger partial charge in [0.15, 0.2) is 6.71 Å². The quantitative estimate of drug-likeness (QED) is 0.158. The van der Waals surface area contributed by atoms with Crippen molar-refractivity contribution in [2.45, 2.75) is 6.71 Å². The number of nitrogens with two attached hydrogens (primary N) is 1. The maximum Gasteiger partial charge on any atom is 0.346 e. The normalized spacial score (nSPS) is 44.4. The Morgan fingerprint density at radius 2 is 1.82 bits per heavy atom. The second-order valence-electron chi connectivity index (χ2n) is 2.10. The minimum atomic E-state index is -1.27. The zero-order valence-electron chi connectivity index (χ0n) is 5.14. The SMILES string of the molecule is NC1(I)C(=O)OC(=O)C1(P)I. The van der Waals surface area contributed by atoms with Crippen LogP contribution in [0.3, 0.4) is 0 Å². The summed E-state index contributed by atoms with van der Waals surface area (Å²) in [5.74, 6) is -1.29. The molecule has 7 heteroatoms. The van der Waals surface area contributed by atoms with Crippen molar-refractivity contribution in [3.05, 3.63) is 0 Å². The van der Waals surface area contributed by atoms with Crippen molar-refractivity contribution in [3.8, 4) is 0 Å². The Kier molecular flexibility index (Phi) is 2.51. The van der Waals surface area contributed by atoms with Crippen LogP contribution >= 0.6 is 54.4 Å². The van der Waals surface area contributed by atoms with Crippen LogP contribution in [0, 0.1) is 0 Å². The van der Waals surface area contributed by atoms with Crippen LogP contribution in [0.5, 0.6) is 0 Å². The van der Waals surface area contributed by atoms with E-state index in [1.165, 1.54) is 0 Å². The highest BCUT2D eigenvalue weighted by molar-refractivity contribution is 14.1. The molecule has 62 valence electrons. The summed E-state index contributed by atoms with van der Waals surface area (Å²) in [6, 6.07) is 0. The molecule has 0 amide bonds. The second kappa shape index (κ2) is 2.74. The predicted octanol–water partition coefficient (Wildman–Crippen LogP) is 0.166. The van der Waals surface area contributed by atoms with E-state index in [9.17, 15) is 9.59 Å². The van der Waals surface area contributed by atoms with Gasteiger partial charge in [-0.3, -0.25) is 0 Å². The largest absolute Gasteiger partial charge is 0.390 e. The molecule has 0 aromatic carbocycles. The van der Waals surface area contributed by atoms with Crippen LogP contribution in [-0.4, -0.2) is 18.6 Å². The molecule has 3 atom stereocenters. The fraction of sp³-hybridized carbons (Fsp3) is 0.500. The van der Waals surface area contributed by atoms with E-state index in [1.807, 2.05) is 0 Å². The Hall–Kier alpha value is 0.990. The summed E-state index contributed by atoms with van der Waals surface area (Å²) in [4.78, 5) is 21.9. The standard InChI is InChI=1S/C4H4I2NO3P/c5-3(7)1(8)10-2(9)4(3,6)11/h7,11H2. The molecule has 0 spiro atoms.